The molecule has 2 amide bonds. The summed E-state index contributed by atoms with van der Waals surface area (Å²) in [5, 5.41) is 3.28. The average Bonchev–Trinajstić information content (AvgIpc) is 3.20. The van der Waals surface area contributed by atoms with Crippen molar-refractivity contribution >= 4 is 35.5 Å². The zero-order chi connectivity index (χ0) is 24.3. The Labute approximate surface area is 202 Å². The fourth-order valence-electron chi connectivity index (χ4n) is 3.30. The Kier molecular flexibility index (Phi) is 9.28. The van der Waals surface area contributed by atoms with Crippen LogP contribution in [0.4, 0.5) is 0 Å². The second kappa shape index (κ2) is 12.6. The van der Waals surface area contributed by atoms with E-state index in [4.69, 9.17) is 4.74 Å². The lowest BCUT2D eigenvalue weighted by Crippen LogP contribution is -2.43. The minimum Gasteiger partial charge on any atom is -0.466 e. The Morgan fingerprint density at radius 1 is 1.09 bits per heavy atom. The van der Waals surface area contributed by atoms with Crippen molar-refractivity contribution in [1.82, 2.24) is 10.2 Å². The number of hydrogen-bond donors (Lipinski definition) is 1. The first-order valence-corrected chi connectivity index (χ1v) is 11.8. The van der Waals surface area contributed by atoms with E-state index in [0.29, 0.717) is 23.6 Å². The van der Waals surface area contributed by atoms with Gasteiger partial charge in [-0.2, -0.15) is 0 Å². The standard InChI is InChI=1S/C25H26N2O6S/c1-32-23(29)16-22-27(21(28)17-34-22)13-8-14-33-25(31)20(15-18-9-4-2-5-10-18)26-24(30)19-11-6-3-7-12-19/h2-7,9-12,16,20H,8,13-15,17H2,1H3,(H,26,30)/b22-16+. The molecule has 0 radical (unpaired) electrons. The van der Waals surface area contributed by atoms with Gasteiger partial charge in [0.05, 0.1) is 30.6 Å². The number of nitrogens with one attached hydrogen (secondary N) is 1. The molecule has 1 heterocycles. The van der Waals surface area contributed by atoms with E-state index in [-0.39, 0.29) is 30.6 Å². The summed E-state index contributed by atoms with van der Waals surface area (Å²) in [6.07, 6.45) is 1.93. The lowest BCUT2D eigenvalue weighted by molar-refractivity contribution is -0.146. The summed E-state index contributed by atoms with van der Waals surface area (Å²) in [6, 6.07) is 17.1. The third-order valence-corrected chi connectivity index (χ3v) is 6.06. The Hall–Kier alpha value is -3.59. The Balaban J connectivity index is 1.58. The predicted molar refractivity (Wildman–Crippen MR) is 128 cm³/mol. The van der Waals surface area contributed by atoms with Crippen molar-refractivity contribution in [1.29, 1.82) is 0 Å². The van der Waals surface area contributed by atoms with Crippen LogP contribution in [-0.2, 0) is 30.3 Å². The SMILES string of the molecule is COC(=O)/C=C1/SCC(=O)N1CCCOC(=O)C(Cc1ccccc1)NC(=O)c1ccccc1. The van der Waals surface area contributed by atoms with Crippen LogP contribution in [0.5, 0.6) is 0 Å². The number of methoxy groups -OCH3 is 1. The molecule has 1 atom stereocenters. The van der Waals surface area contributed by atoms with E-state index >= 15 is 0 Å². The second-order valence-corrected chi connectivity index (χ2v) is 8.44. The lowest BCUT2D eigenvalue weighted by Gasteiger charge is -2.19. The first kappa shape index (κ1) is 25.0. The summed E-state index contributed by atoms with van der Waals surface area (Å²) >= 11 is 1.26. The topological polar surface area (TPSA) is 102 Å². The van der Waals surface area contributed by atoms with Gasteiger partial charge < -0.3 is 19.7 Å². The number of ether oxygens (including phenoxy) is 2. The Bertz CT molecular complexity index is 1040. The van der Waals surface area contributed by atoms with Crippen LogP contribution in [-0.4, -0.2) is 60.7 Å². The normalized spacial score (nSPS) is 15.1. The molecule has 0 saturated carbocycles. The molecule has 0 bridgehead atoms. The second-order valence-electron chi connectivity index (χ2n) is 7.44. The highest BCUT2D eigenvalue weighted by molar-refractivity contribution is 8.04. The highest BCUT2D eigenvalue weighted by Gasteiger charge is 2.28. The van der Waals surface area contributed by atoms with Crippen LogP contribution < -0.4 is 5.32 Å². The number of carbonyl (C=O) groups excluding carboxylic acids is 4. The fourth-order valence-corrected chi connectivity index (χ4v) is 4.25. The molecule has 1 aliphatic heterocycles. The molecule has 9 heteroatoms. The van der Waals surface area contributed by atoms with Gasteiger partial charge in [-0.15, -0.1) is 0 Å². The summed E-state index contributed by atoms with van der Waals surface area (Å²) in [6.45, 7) is 0.354. The number of nitrogens with zero attached hydrogens (tertiary/aromatic N) is 1. The monoisotopic (exact) mass is 482 g/mol. The van der Waals surface area contributed by atoms with Crippen LogP contribution in [0.1, 0.15) is 22.3 Å². The largest absolute Gasteiger partial charge is 0.466 e. The molecule has 178 valence electrons. The van der Waals surface area contributed by atoms with Crippen molar-refractivity contribution in [2.45, 2.75) is 18.9 Å². The molecule has 34 heavy (non-hydrogen) atoms. The molecule has 1 saturated heterocycles. The van der Waals surface area contributed by atoms with E-state index in [2.05, 4.69) is 10.1 Å². The van der Waals surface area contributed by atoms with Crippen LogP contribution in [0.2, 0.25) is 0 Å². The molecular weight excluding hydrogens is 456 g/mol. The molecule has 0 aliphatic carbocycles. The third-order valence-electron chi connectivity index (χ3n) is 5.03. The van der Waals surface area contributed by atoms with Gasteiger partial charge in [0.15, 0.2) is 0 Å². The van der Waals surface area contributed by atoms with E-state index in [1.54, 1.807) is 24.3 Å². The average molecular weight is 483 g/mol. The van der Waals surface area contributed by atoms with Gasteiger partial charge in [-0.05, 0) is 24.1 Å². The van der Waals surface area contributed by atoms with Gasteiger partial charge in [0.1, 0.15) is 6.04 Å². The quantitative estimate of drug-likeness (QED) is 0.315. The molecule has 1 N–H and O–H groups in total. The molecule has 1 unspecified atom stereocenters. The summed E-state index contributed by atoms with van der Waals surface area (Å²) < 4.78 is 10.1. The number of benzene rings is 2. The molecular formula is C25H26N2O6S. The van der Waals surface area contributed by atoms with Crippen LogP contribution in [0, 0.1) is 0 Å². The summed E-state index contributed by atoms with van der Waals surface area (Å²) in [5.74, 6) is -1.33. The number of thioether (sulfide) groups is 1. The summed E-state index contributed by atoms with van der Waals surface area (Å²) in [7, 11) is 1.27. The van der Waals surface area contributed by atoms with E-state index in [1.165, 1.54) is 29.8 Å². The molecule has 3 rings (SSSR count). The molecule has 2 aromatic rings. The number of esters is 2. The van der Waals surface area contributed by atoms with E-state index in [9.17, 15) is 19.2 Å². The molecule has 8 nitrogen and oxygen atoms in total. The zero-order valence-corrected chi connectivity index (χ0v) is 19.6. The van der Waals surface area contributed by atoms with E-state index in [0.717, 1.165) is 5.56 Å². The van der Waals surface area contributed by atoms with Gasteiger partial charge >= 0.3 is 11.9 Å². The van der Waals surface area contributed by atoms with Crippen LogP contribution in [0.3, 0.4) is 0 Å². The number of rotatable bonds is 10. The highest BCUT2D eigenvalue weighted by atomic mass is 32.2. The van der Waals surface area contributed by atoms with Crippen molar-refractivity contribution in [2.24, 2.45) is 0 Å². The van der Waals surface area contributed by atoms with Gasteiger partial charge in [-0.3, -0.25) is 9.59 Å². The predicted octanol–water partition coefficient (Wildman–Crippen LogP) is 2.55. The van der Waals surface area contributed by atoms with Crippen LogP contribution in [0.15, 0.2) is 71.8 Å². The third kappa shape index (κ3) is 7.21. The van der Waals surface area contributed by atoms with Crippen molar-refractivity contribution in [3.63, 3.8) is 0 Å². The minimum absolute atomic E-state index is 0.0608. The molecule has 1 fully saturated rings. The summed E-state index contributed by atoms with van der Waals surface area (Å²) in [5.41, 5.74) is 1.33. The molecule has 0 spiro atoms. The van der Waals surface area contributed by atoms with Crippen molar-refractivity contribution in [3.05, 3.63) is 82.9 Å². The number of hydrogen-bond acceptors (Lipinski definition) is 7. The fraction of sp³-hybridized carbons (Fsp3) is 0.280. The van der Waals surface area contributed by atoms with Crippen molar-refractivity contribution in [3.8, 4) is 0 Å². The van der Waals surface area contributed by atoms with Gasteiger partial charge in [0.2, 0.25) is 5.91 Å². The summed E-state index contributed by atoms with van der Waals surface area (Å²) in [4.78, 5) is 50.5. The smallest absolute Gasteiger partial charge is 0.333 e. The van der Waals surface area contributed by atoms with Gasteiger partial charge in [0.25, 0.3) is 5.91 Å². The lowest BCUT2D eigenvalue weighted by atomic mass is 10.1. The van der Waals surface area contributed by atoms with Crippen molar-refractivity contribution < 1.29 is 28.7 Å². The number of amides is 2. The molecule has 0 aromatic heterocycles. The maximum Gasteiger partial charge on any atom is 0.333 e. The molecule has 2 aromatic carbocycles. The molecule has 1 aliphatic rings. The first-order chi connectivity index (χ1) is 16.5. The first-order valence-electron chi connectivity index (χ1n) is 10.8. The van der Waals surface area contributed by atoms with Gasteiger partial charge in [0, 0.05) is 18.5 Å². The van der Waals surface area contributed by atoms with Crippen LogP contribution >= 0.6 is 11.8 Å². The van der Waals surface area contributed by atoms with E-state index in [1.807, 2.05) is 36.4 Å². The van der Waals surface area contributed by atoms with Gasteiger partial charge in [-0.25, -0.2) is 9.59 Å². The Morgan fingerprint density at radius 3 is 2.44 bits per heavy atom. The van der Waals surface area contributed by atoms with E-state index < -0.39 is 18.0 Å². The highest BCUT2D eigenvalue weighted by Crippen LogP contribution is 2.28. The maximum absolute atomic E-state index is 12.8. The minimum atomic E-state index is -0.867. The van der Waals surface area contributed by atoms with Crippen LogP contribution in [0.25, 0.3) is 0 Å². The maximum atomic E-state index is 12.8. The van der Waals surface area contributed by atoms with Gasteiger partial charge in [-0.1, -0.05) is 60.3 Å². The Morgan fingerprint density at radius 2 is 1.76 bits per heavy atom. The number of carbonyl (C=O) groups is 4. The zero-order valence-electron chi connectivity index (χ0n) is 18.8. The van der Waals surface area contributed by atoms with Crippen molar-refractivity contribution in [2.75, 3.05) is 26.0 Å².